The number of carbonyl (C=O) groups excluding carboxylic acids is 2. The number of hydrogen-bond acceptors (Lipinski definition) is 6. The van der Waals surface area contributed by atoms with E-state index in [0.29, 0.717) is 59.9 Å². The molecular weight excluding hydrogens is 467 g/mol. The number of halogens is 1. The lowest BCUT2D eigenvalue weighted by molar-refractivity contribution is 0.00853. The second kappa shape index (κ2) is 8.86. The summed E-state index contributed by atoms with van der Waals surface area (Å²) < 4.78 is 14.3. The molecule has 0 radical (unpaired) electrons. The fourth-order valence-corrected chi connectivity index (χ4v) is 5.30. The number of aromatic nitrogens is 3. The summed E-state index contributed by atoms with van der Waals surface area (Å²) in [4.78, 5) is 43.6. The number of benzene rings is 2. The third-order valence-electron chi connectivity index (χ3n) is 6.79. The predicted molar refractivity (Wildman–Crippen MR) is 131 cm³/mol. The fourth-order valence-electron chi connectivity index (χ4n) is 4.78. The second-order valence-electron chi connectivity index (χ2n) is 8.83. The van der Waals surface area contributed by atoms with Gasteiger partial charge in [0.2, 0.25) is 0 Å². The van der Waals surface area contributed by atoms with E-state index in [-0.39, 0.29) is 23.7 Å². The maximum absolute atomic E-state index is 14.3. The predicted octanol–water partition coefficient (Wildman–Crippen LogP) is 3.11. The lowest BCUT2D eigenvalue weighted by Gasteiger charge is -2.48. The molecule has 6 rings (SSSR count). The standard InChI is InChI=1S/C25H23FN6O2S/c26-19-6-2-1-4-17(19)23-28-20-7-3-5-18(22(20)29-23)24(33)32-12-16(13-32)30-8-10-31(11-9-30)25(34)21-14-35-15-27-21/h1-7,14-16H,8-13H2,(H,28,29). The Morgan fingerprint density at radius 2 is 1.77 bits per heavy atom. The third kappa shape index (κ3) is 3.98. The number of thiazole rings is 1. The molecule has 2 amide bonds. The molecule has 2 aliphatic heterocycles. The average molecular weight is 491 g/mol. The summed E-state index contributed by atoms with van der Waals surface area (Å²) in [5.41, 5.74) is 4.32. The van der Waals surface area contributed by atoms with E-state index in [9.17, 15) is 14.0 Å². The Morgan fingerprint density at radius 1 is 0.971 bits per heavy atom. The summed E-state index contributed by atoms with van der Waals surface area (Å²) >= 11 is 1.42. The molecule has 1 N–H and O–H groups in total. The number of nitrogens with one attached hydrogen (secondary N) is 1. The van der Waals surface area contributed by atoms with Gasteiger partial charge in [0.25, 0.3) is 11.8 Å². The van der Waals surface area contributed by atoms with Crippen LogP contribution >= 0.6 is 11.3 Å². The number of piperazine rings is 1. The molecule has 2 fully saturated rings. The van der Waals surface area contributed by atoms with Crippen LogP contribution in [-0.4, -0.2) is 86.8 Å². The van der Waals surface area contributed by atoms with Gasteiger partial charge in [-0.1, -0.05) is 18.2 Å². The maximum atomic E-state index is 14.3. The summed E-state index contributed by atoms with van der Waals surface area (Å²) in [5.74, 6) is -0.0442. The number of para-hydroxylation sites is 1. The first-order valence-corrected chi connectivity index (χ1v) is 12.5. The topological polar surface area (TPSA) is 85.4 Å². The summed E-state index contributed by atoms with van der Waals surface area (Å²) in [7, 11) is 0. The van der Waals surface area contributed by atoms with Gasteiger partial charge in [-0.3, -0.25) is 14.5 Å². The van der Waals surface area contributed by atoms with E-state index in [1.54, 1.807) is 35.2 Å². The molecule has 0 aliphatic carbocycles. The first-order chi connectivity index (χ1) is 17.1. The van der Waals surface area contributed by atoms with E-state index < -0.39 is 0 Å². The Labute approximate surface area is 205 Å². The number of likely N-dealkylation sites (tertiary alicyclic amines) is 1. The van der Waals surface area contributed by atoms with Crippen molar-refractivity contribution in [2.45, 2.75) is 6.04 Å². The molecule has 2 saturated heterocycles. The van der Waals surface area contributed by atoms with Crippen molar-refractivity contribution >= 4 is 34.2 Å². The van der Waals surface area contributed by atoms with Gasteiger partial charge in [-0.05, 0) is 24.3 Å². The number of rotatable bonds is 4. The lowest BCUT2D eigenvalue weighted by atomic mass is 10.0. The van der Waals surface area contributed by atoms with Crippen LogP contribution in [0.4, 0.5) is 4.39 Å². The molecular formula is C25H23FN6O2S. The van der Waals surface area contributed by atoms with Crippen LogP contribution in [0.3, 0.4) is 0 Å². The van der Waals surface area contributed by atoms with Crippen molar-refractivity contribution in [2.24, 2.45) is 0 Å². The molecule has 0 saturated carbocycles. The third-order valence-corrected chi connectivity index (χ3v) is 7.38. The van der Waals surface area contributed by atoms with Crippen LogP contribution in [0.15, 0.2) is 53.4 Å². The maximum Gasteiger partial charge on any atom is 0.273 e. The van der Waals surface area contributed by atoms with Gasteiger partial charge >= 0.3 is 0 Å². The Balaban J connectivity index is 1.10. The molecule has 4 heterocycles. The number of aromatic amines is 1. The van der Waals surface area contributed by atoms with Crippen molar-refractivity contribution in [2.75, 3.05) is 39.3 Å². The summed E-state index contributed by atoms with van der Waals surface area (Å²) in [6.45, 7) is 4.16. The molecule has 4 aromatic rings. The SMILES string of the molecule is O=C(c1cscn1)N1CCN(C2CN(C(=O)c3cccc4[nH]c(-c5ccccc5F)nc34)C2)CC1. The van der Waals surface area contributed by atoms with E-state index in [1.807, 2.05) is 21.9 Å². The highest BCUT2D eigenvalue weighted by atomic mass is 32.1. The van der Waals surface area contributed by atoms with Crippen LogP contribution in [0.2, 0.25) is 0 Å². The minimum atomic E-state index is -0.363. The quantitative estimate of drug-likeness (QED) is 0.475. The molecule has 178 valence electrons. The Morgan fingerprint density at radius 3 is 2.51 bits per heavy atom. The van der Waals surface area contributed by atoms with E-state index in [0.717, 1.165) is 13.1 Å². The molecule has 0 spiro atoms. The number of imidazole rings is 1. The van der Waals surface area contributed by atoms with E-state index in [2.05, 4.69) is 19.9 Å². The Kier molecular flexibility index (Phi) is 5.54. The van der Waals surface area contributed by atoms with Gasteiger partial charge in [0.15, 0.2) is 0 Å². The van der Waals surface area contributed by atoms with Gasteiger partial charge in [-0.25, -0.2) is 14.4 Å². The fraction of sp³-hybridized carbons (Fsp3) is 0.280. The minimum absolute atomic E-state index is 0.0156. The normalized spacial score (nSPS) is 17.1. The number of H-pyrrole nitrogens is 1. The highest BCUT2D eigenvalue weighted by molar-refractivity contribution is 7.07. The van der Waals surface area contributed by atoms with Gasteiger partial charge < -0.3 is 14.8 Å². The van der Waals surface area contributed by atoms with E-state index >= 15 is 0 Å². The lowest BCUT2D eigenvalue weighted by Crippen LogP contribution is -2.64. The Bertz CT molecular complexity index is 1390. The first kappa shape index (κ1) is 21.9. The number of hydrogen-bond donors (Lipinski definition) is 1. The molecule has 2 aromatic carbocycles. The van der Waals surface area contributed by atoms with Crippen molar-refractivity contribution in [3.63, 3.8) is 0 Å². The van der Waals surface area contributed by atoms with Crippen LogP contribution in [-0.2, 0) is 0 Å². The van der Waals surface area contributed by atoms with Crippen molar-refractivity contribution in [3.8, 4) is 11.4 Å². The number of nitrogens with zero attached hydrogens (tertiary/aromatic N) is 5. The highest BCUT2D eigenvalue weighted by Crippen LogP contribution is 2.27. The van der Waals surface area contributed by atoms with Gasteiger partial charge in [0.05, 0.1) is 22.2 Å². The summed E-state index contributed by atoms with van der Waals surface area (Å²) in [6.07, 6.45) is 0. The molecule has 2 aliphatic rings. The van der Waals surface area contributed by atoms with Crippen molar-refractivity contribution in [1.29, 1.82) is 0 Å². The molecule has 0 atom stereocenters. The zero-order chi connectivity index (χ0) is 23.9. The van der Waals surface area contributed by atoms with E-state index in [4.69, 9.17) is 0 Å². The Hall–Kier alpha value is -3.63. The molecule has 0 bridgehead atoms. The van der Waals surface area contributed by atoms with Gasteiger partial charge in [-0.2, -0.15) is 0 Å². The van der Waals surface area contributed by atoms with Crippen molar-refractivity contribution in [3.05, 3.63) is 70.4 Å². The number of carbonyl (C=O) groups is 2. The minimum Gasteiger partial charge on any atom is -0.338 e. The van der Waals surface area contributed by atoms with Crippen LogP contribution in [0.1, 0.15) is 20.8 Å². The molecule has 35 heavy (non-hydrogen) atoms. The van der Waals surface area contributed by atoms with Crippen LogP contribution in [0.5, 0.6) is 0 Å². The smallest absolute Gasteiger partial charge is 0.273 e. The van der Waals surface area contributed by atoms with Crippen molar-refractivity contribution < 1.29 is 14.0 Å². The monoisotopic (exact) mass is 490 g/mol. The summed E-state index contributed by atoms with van der Waals surface area (Å²) in [5, 5.41) is 1.78. The largest absolute Gasteiger partial charge is 0.338 e. The number of amides is 2. The molecule has 0 unspecified atom stereocenters. The number of fused-ring (bicyclic) bond motifs is 1. The van der Waals surface area contributed by atoms with Crippen molar-refractivity contribution in [1.82, 2.24) is 29.7 Å². The van der Waals surface area contributed by atoms with Crippen LogP contribution in [0, 0.1) is 5.82 Å². The summed E-state index contributed by atoms with van der Waals surface area (Å²) in [6, 6.07) is 12.2. The van der Waals surface area contributed by atoms with Gasteiger partial charge in [0, 0.05) is 50.7 Å². The molecule has 10 heteroatoms. The molecule has 8 nitrogen and oxygen atoms in total. The highest BCUT2D eigenvalue weighted by Gasteiger charge is 2.37. The molecule has 2 aromatic heterocycles. The second-order valence-corrected chi connectivity index (χ2v) is 9.55. The van der Waals surface area contributed by atoms with Crippen LogP contribution < -0.4 is 0 Å². The first-order valence-electron chi connectivity index (χ1n) is 11.5. The van der Waals surface area contributed by atoms with Gasteiger partial charge in [-0.15, -0.1) is 11.3 Å². The zero-order valence-electron chi connectivity index (χ0n) is 18.9. The van der Waals surface area contributed by atoms with E-state index in [1.165, 1.54) is 17.4 Å². The van der Waals surface area contributed by atoms with Crippen LogP contribution in [0.25, 0.3) is 22.4 Å². The zero-order valence-corrected chi connectivity index (χ0v) is 19.7. The average Bonchev–Trinajstić information content (AvgIpc) is 3.53. The van der Waals surface area contributed by atoms with Gasteiger partial charge in [0.1, 0.15) is 22.9 Å².